The molecule has 0 bridgehead atoms. The minimum atomic E-state index is -0.755. The fourth-order valence-corrected chi connectivity index (χ4v) is 1.77. The van der Waals surface area contributed by atoms with Crippen molar-refractivity contribution in [2.24, 2.45) is 10.8 Å². The SMILES string of the molecule is N#C/C(=N\Nc1ccc(NC(=O)Nc2ccc(F)cc2)cc1F)C(=N)N. The van der Waals surface area contributed by atoms with Crippen LogP contribution in [-0.2, 0) is 0 Å². The van der Waals surface area contributed by atoms with E-state index in [2.05, 4.69) is 21.2 Å². The second kappa shape index (κ2) is 8.20. The number of hydrazone groups is 1. The van der Waals surface area contributed by atoms with E-state index in [1.807, 2.05) is 0 Å². The molecule has 6 N–H and O–H groups in total. The van der Waals surface area contributed by atoms with Crippen molar-refractivity contribution in [1.29, 1.82) is 10.7 Å². The number of rotatable bonds is 5. The maximum Gasteiger partial charge on any atom is 0.323 e. The molecule has 26 heavy (non-hydrogen) atoms. The van der Waals surface area contributed by atoms with Crippen LogP contribution < -0.4 is 21.8 Å². The van der Waals surface area contributed by atoms with Gasteiger partial charge in [0, 0.05) is 11.4 Å². The van der Waals surface area contributed by atoms with Crippen molar-refractivity contribution in [3.8, 4) is 6.07 Å². The number of carbonyl (C=O) groups excluding carboxylic acids is 1. The van der Waals surface area contributed by atoms with Crippen LogP contribution in [0.1, 0.15) is 0 Å². The van der Waals surface area contributed by atoms with Crippen LogP contribution in [0, 0.1) is 28.4 Å². The van der Waals surface area contributed by atoms with Crippen LogP contribution in [0.3, 0.4) is 0 Å². The summed E-state index contributed by atoms with van der Waals surface area (Å²) in [5.41, 5.74) is 7.44. The zero-order valence-electron chi connectivity index (χ0n) is 13.2. The average Bonchev–Trinajstić information content (AvgIpc) is 2.59. The first kappa shape index (κ1) is 18.3. The first-order valence-corrected chi connectivity index (χ1v) is 7.10. The summed E-state index contributed by atoms with van der Waals surface area (Å²) < 4.78 is 26.8. The number of urea groups is 1. The molecular formula is C16H13F2N7O. The van der Waals surface area contributed by atoms with Crippen molar-refractivity contribution in [2.75, 3.05) is 16.1 Å². The summed E-state index contributed by atoms with van der Waals surface area (Å²) in [6.07, 6.45) is 0. The largest absolute Gasteiger partial charge is 0.382 e. The number of benzene rings is 2. The van der Waals surface area contributed by atoms with Gasteiger partial charge in [0.05, 0.1) is 5.69 Å². The second-order valence-electron chi connectivity index (χ2n) is 4.88. The molecule has 2 aromatic rings. The number of nitrogens with two attached hydrogens (primary N) is 1. The Hall–Kier alpha value is -4.00. The number of nitrogens with one attached hydrogen (secondary N) is 4. The van der Waals surface area contributed by atoms with Crippen LogP contribution in [-0.4, -0.2) is 17.6 Å². The molecule has 0 atom stereocenters. The summed E-state index contributed by atoms with van der Waals surface area (Å²) in [4.78, 5) is 11.8. The first-order valence-electron chi connectivity index (χ1n) is 7.10. The highest BCUT2D eigenvalue weighted by atomic mass is 19.1. The molecule has 0 fully saturated rings. The van der Waals surface area contributed by atoms with Crippen LogP contribution in [0.4, 0.5) is 30.6 Å². The first-order chi connectivity index (χ1) is 12.4. The van der Waals surface area contributed by atoms with Crippen molar-refractivity contribution in [2.45, 2.75) is 0 Å². The van der Waals surface area contributed by atoms with Gasteiger partial charge in [0.1, 0.15) is 17.7 Å². The number of nitriles is 1. The molecule has 0 aliphatic heterocycles. The second-order valence-corrected chi connectivity index (χ2v) is 4.88. The molecular weight excluding hydrogens is 344 g/mol. The number of hydrogen-bond donors (Lipinski definition) is 5. The Morgan fingerprint density at radius 1 is 1.12 bits per heavy atom. The van der Waals surface area contributed by atoms with Crippen molar-refractivity contribution >= 4 is 34.6 Å². The standard InChI is InChI=1S/C16H13F2N7O/c17-9-1-3-10(4-2-9)22-16(26)23-11-5-6-13(12(18)7-11)24-25-14(8-19)15(20)21/h1-7,24H,(H3,20,21)(H2,22,23,26)/b25-14+. The Balaban J connectivity index is 2.02. The fraction of sp³-hybridized carbons (Fsp3) is 0. The lowest BCUT2D eigenvalue weighted by Gasteiger charge is -2.09. The summed E-state index contributed by atoms with van der Waals surface area (Å²) in [5, 5.41) is 24.2. The Labute approximate surface area is 146 Å². The van der Waals surface area contributed by atoms with Gasteiger partial charge in [0.2, 0.25) is 5.71 Å². The summed E-state index contributed by atoms with van der Waals surface area (Å²) in [7, 11) is 0. The highest BCUT2D eigenvalue weighted by Gasteiger charge is 2.08. The highest BCUT2D eigenvalue weighted by molar-refractivity contribution is 6.45. The lowest BCUT2D eigenvalue weighted by atomic mass is 10.2. The molecule has 2 aromatic carbocycles. The third-order valence-corrected chi connectivity index (χ3v) is 2.98. The minimum absolute atomic E-state index is 0.0801. The van der Waals surface area contributed by atoms with Gasteiger partial charge in [-0.05, 0) is 42.5 Å². The van der Waals surface area contributed by atoms with E-state index in [1.165, 1.54) is 36.4 Å². The van der Waals surface area contributed by atoms with Crippen LogP contribution in [0.15, 0.2) is 47.6 Å². The minimum Gasteiger partial charge on any atom is -0.382 e. The molecule has 0 aromatic heterocycles. The van der Waals surface area contributed by atoms with E-state index in [-0.39, 0.29) is 11.4 Å². The van der Waals surface area contributed by atoms with E-state index < -0.39 is 29.2 Å². The molecule has 132 valence electrons. The molecule has 0 saturated carbocycles. The Morgan fingerprint density at radius 3 is 2.31 bits per heavy atom. The molecule has 10 heteroatoms. The quantitative estimate of drug-likeness (QED) is 0.319. The maximum atomic E-state index is 14.0. The lowest BCUT2D eigenvalue weighted by Crippen LogP contribution is -2.22. The number of amidine groups is 1. The molecule has 8 nitrogen and oxygen atoms in total. The Kier molecular flexibility index (Phi) is 5.79. The number of halogens is 2. The van der Waals surface area contributed by atoms with Gasteiger partial charge in [-0.25, -0.2) is 13.6 Å². The Morgan fingerprint density at radius 2 is 1.73 bits per heavy atom. The smallest absolute Gasteiger partial charge is 0.323 e. The van der Waals surface area contributed by atoms with Gasteiger partial charge < -0.3 is 16.4 Å². The zero-order valence-corrected chi connectivity index (χ0v) is 13.2. The normalized spacial score (nSPS) is 10.6. The summed E-state index contributed by atoms with van der Waals surface area (Å²) in [6.45, 7) is 0. The summed E-state index contributed by atoms with van der Waals surface area (Å²) >= 11 is 0. The van der Waals surface area contributed by atoms with Crippen molar-refractivity contribution in [1.82, 2.24) is 0 Å². The van der Waals surface area contributed by atoms with E-state index in [9.17, 15) is 13.6 Å². The van der Waals surface area contributed by atoms with Gasteiger partial charge in [-0.2, -0.15) is 10.4 Å². The average molecular weight is 357 g/mol. The predicted octanol–water partition coefficient (Wildman–Crippen LogP) is 2.84. The summed E-state index contributed by atoms with van der Waals surface area (Å²) in [6, 6.07) is 9.77. The van der Waals surface area contributed by atoms with E-state index >= 15 is 0 Å². The van der Waals surface area contributed by atoms with Gasteiger partial charge in [0.25, 0.3) is 0 Å². The molecule has 0 aliphatic rings. The van der Waals surface area contributed by atoms with Gasteiger partial charge in [-0.15, -0.1) is 0 Å². The molecule has 0 heterocycles. The van der Waals surface area contributed by atoms with E-state index in [1.54, 1.807) is 6.07 Å². The number of anilines is 3. The van der Waals surface area contributed by atoms with E-state index in [0.29, 0.717) is 5.69 Å². The molecule has 2 amide bonds. The van der Waals surface area contributed by atoms with Crippen molar-refractivity contribution in [3.63, 3.8) is 0 Å². The molecule has 0 spiro atoms. The zero-order chi connectivity index (χ0) is 19.1. The van der Waals surface area contributed by atoms with E-state index in [0.717, 1.165) is 6.07 Å². The van der Waals surface area contributed by atoms with Crippen LogP contribution in [0.25, 0.3) is 0 Å². The molecule has 2 rings (SSSR count). The Bertz CT molecular complexity index is 904. The topological polar surface area (TPSA) is 139 Å². The lowest BCUT2D eigenvalue weighted by molar-refractivity contribution is 0.262. The number of hydrogen-bond acceptors (Lipinski definition) is 5. The van der Waals surface area contributed by atoms with Crippen LogP contribution >= 0.6 is 0 Å². The van der Waals surface area contributed by atoms with Crippen LogP contribution in [0.5, 0.6) is 0 Å². The van der Waals surface area contributed by atoms with Gasteiger partial charge >= 0.3 is 6.03 Å². The van der Waals surface area contributed by atoms with Crippen molar-refractivity contribution in [3.05, 3.63) is 54.1 Å². The monoisotopic (exact) mass is 357 g/mol. The van der Waals surface area contributed by atoms with Crippen LogP contribution in [0.2, 0.25) is 0 Å². The number of amides is 2. The highest BCUT2D eigenvalue weighted by Crippen LogP contribution is 2.19. The fourth-order valence-electron chi connectivity index (χ4n) is 1.77. The molecule has 0 aliphatic carbocycles. The van der Waals surface area contributed by atoms with Crippen molar-refractivity contribution < 1.29 is 13.6 Å². The third kappa shape index (κ3) is 5.00. The van der Waals surface area contributed by atoms with E-state index in [4.69, 9.17) is 16.4 Å². The number of nitrogens with zero attached hydrogens (tertiary/aromatic N) is 2. The van der Waals surface area contributed by atoms with Gasteiger partial charge in [-0.3, -0.25) is 10.8 Å². The van der Waals surface area contributed by atoms with Gasteiger partial charge in [-0.1, -0.05) is 0 Å². The molecule has 0 saturated heterocycles. The predicted molar refractivity (Wildman–Crippen MR) is 94.0 cm³/mol. The number of carbonyl (C=O) groups is 1. The summed E-state index contributed by atoms with van der Waals surface area (Å²) in [5.74, 6) is -1.75. The third-order valence-electron chi connectivity index (χ3n) is 2.98. The maximum absolute atomic E-state index is 14.0. The molecule has 0 unspecified atom stereocenters. The molecule has 0 radical (unpaired) electrons. The van der Waals surface area contributed by atoms with Gasteiger partial charge in [0.15, 0.2) is 5.84 Å².